The molecule has 1 unspecified atom stereocenters. The molecule has 1 aromatic heterocycles. The number of rotatable bonds is 5. The maximum atomic E-state index is 12.6. The molecule has 0 aliphatic heterocycles. The molecule has 1 atom stereocenters. The van der Waals surface area contributed by atoms with Gasteiger partial charge >= 0.3 is 6.18 Å². The Labute approximate surface area is 170 Å². The Hall–Kier alpha value is -3.10. The van der Waals surface area contributed by atoms with Crippen molar-refractivity contribution in [1.82, 2.24) is 9.78 Å². The molecule has 2 aromatic rings. The first-order valence-corrected chi connectivity index (χ1v) is 9.09. The highest BCUT2D eigenvalue weighted by Crippen LogP contribution is 2.33. The number of anilines is 2. The van der Waals surface area contributed by atoms with Crippen molar-refractivity contribution in [3.63, 3.8) is 0 Å². The van der Waals surface area contributed by atoms with Gasteiger partial charge in [0.1, 0.15) is 5.56 Å². The molecule has 1 aromatic carbocycles. The van der Waals surface area contributed by atoms with Crippen LogP contribution in [-0.4, -0.2) is 38.2 Å². The van der Waals surface area contributed by atoms with Gasteiger partial charge in [0.2, 0.25) is 0 Å². The van der Waals surface area contributed by atoms with Crippen LogP contribution in [0.1, 0.15) is 53.8 Å². The van der Waals surface area contributed by atoms with E-state index in [1.165, 1.54) is 18.3 Å². The minimum Gasteiger partial charge on any atom is -0.393 e. The van der Waals surface area contributed by atoms with E-state index in [1.54, 1.807) is 4.68 Å². The number of nitrogens with two attached hydrogens (primary N) is 1. The first kappa shape index (κ1) is 23.2. The number of nitriles is 1. The molecule has 0 radical (unpaired) electrons. The topological polar surface area (TPSA) is 137 Å². The van der Waals surface area contributed by atoms with Crippen LogP contribution in [-0.2, 0) is 0 Å². The number of aliphatic hydroxyl groups excluding tert-OH is 2. The summed E-state index contributed by atoms with van der Waals surface area (Å²) in [4.78, 5) is 11.7. The minimum atomic E-state index is -4.75. The van der Waals surface area contributed by atoms with E-state index in [0.29, 0.717) is 31.4 Å². The number of nitrogens with zero attached hydrogens (tertiary/aromatic N) is 3. The molecule has 1 fully saturated rings. The molecule has 5 N–H and O–H groups in total. The lowest BCUT2D eigenvalue weighted by Gasteiger charge is -2.25. The summed E-state index contributed by atoms with van der Waals surface area (Å²) >= 11 is 0. The van der Waals surface area contributed by atoms with Gasteiger partial charge in [-0.2, -0.15) is 18.3 Å². The van der Waals surface area contributed by atoms with E-state index in [-0.39, 0.29) is 29.1 Å². The van der Waals surface area contributed by atoms with Crippen molar-refractivity contribution in [3.05, 3.63) is 41.6 Å². The Morgan fingerprint density at radius 2 is 1.80 bits per heavy atom. The third kappa shape index (κ3) is 5.49. The van der Waals surface area contributed by atoms with Crippen molar-refractivity contribution < 1.29 is 28.2 Å². The molecule has 1 aliphatic rings. The van der Waals surface area contributed by atoms with Crippen molar-refractivity contribution in [3.8, 4) is 6.57 Å². The van der Waals surface area contributed by atoms with Crippen LogP contribution in [0.25, 0.3) is 0 Å². The van der Waals surface area contributed by atoms with Crippen molar-refractivity contribution >= 4 is 17.4 Å². The third-order valence-corrected chi connectivity index (χ3v) is 4.84. The summed E-state index contributed by atoms with van der Waals surface area (Å²) < 4.78 is 39.4. The zero-order valence-corrected chi connectivity index (χ0v) is 15.9. The molecule has 11 heteroatoms. The highest BCUT2D eigenvalue weighted by Gasteiger charge is 2.39. The summed E-state index contributed by atoms with van der Waals surface area (Å²) in [6.45, 7) is 3.50. The Balaban J connectivity index is 0.00000155. The molecule has 30 heavy (non-hydrogen) atoms. The van der Waals surface area contributed by atoms with Gasteiger partial charge in [0, 0.05) is 18.5 Å². The van der Waals surface area contributed by atoms with E-state index in [2.05, 4.69) is 17.0 Å². The first-order valence-electron chi connectivity index (χ1n) is 9.09. The van der Waals surface area contributed by atoms with Crippen molar-refractivity contribution in [2.75, 3.05) is 5.32 Å². The molecule has 1 aliphatic carbocycles. The SMILES string of the molecule is C#N.NC(=O)c1cn(C2CCC(O)CC2)nc1Nc1ccc(C(O)C(F)(F)F)cc1. The van der Waals surface area contributed by atoms with Crippen LogP contribution < -0.4 is 11.1 Å². The lowest BCUT2D eigenvalue weighted by molar-refractivity contribution is -0.206. The average molecular weight is 425 g/mol. The van der Waals surface area contributed by atoms with E-state index in [1.807, 2.05) is 0 Å². The maximum Gasteiger partial charge on any atom is 0.418 e. The van der Waals surface area contributed by atoms with E-state index < -0.39 is 18.2 Å². The number of carbonyl (C=O) groups excluding carboxylic acids is 1. The predicted octanol–water partition coefficient (Wildman–Crippen LogP) is 2.94. The number of benzene rings is 1. The van der Waals surface area contributed by atoms with Gasteiger partial charge in [0.25, 0.3) is 5.91 Å². The molecular weight excluding hydrogens is 403 g/mol. The number of amides is 1. The lowest BCUT2D eigenvalue weighted by Crippen LogP contribution is -2.21. The number of hydrogen-bond acceptors (Lipinski definition) is 6. The van der Waals surface area contributed by atoms with Crippen LogP contribution in [0, 0.1) is 11.8 Å². The number of aromatic nitrogens is 2. The van der Waals surface area contributed by atoms with Crippen LogP contribution in [0.15, 0.2) is 30.5 Å². The summed E-state index contributed by atoms with van der Waals surface area (Å²) in [6.07, 6.45) is -3.40. The summed E-state index contributed by atoms with van der Waals surface area (Å²) in [5.74, 6) is -0.489. The lowest BCUT2D eigenvalue weighted by atomic mass is 9.93. The van der Waals surface area contributed by atoms with Gasteiger partial charge in [0.15, 0.2) is 11.9 Å². The number of aliphatic hydroxyl groups is 2. The van der Waals surface area contributed by atoms with Gasteiger partial charge in [-0.1, -0.05) is 12.1 Å². The van der Waals surface area contributed by atoms with Crippen LogP contribution in [0.4, 0.5) is 24.7 Å². The first-order chi connectivity index (χ1) is 14.1. The van der Waals surface area contributed by atoms with Crippen LogP contribution >= 0.6 is 0 Å². The number of nitrogens with one attached hydrogen (secondary N) is 1. The van der Waals surface area contributed by atoms with Gasteiger partial charge in [-0.15, -0.1) is 0 Å². The van der Waals surface area contributed by atoms with Gasteiger partial charge in [0.05, 0.1) is 12.1 Å². The second kappa shape index (κ2) is 9.60. The zero-order chi connectivity index (χ0) is 22.5. The smallest absolute Gasteiger partial charge is 0.393 e. The molecule has 0 spiro atoms. The average Bonchev–Trinajstić information content (AvgIpc) is 3.13. The molecule has 0 bridgehead atoms. The monoisotopic (exact) mass is 425 g/mol. The largest absolute Gasteiger partial charge is 0.418 e. The summed E-state index contributed by atoms with van der Waals surface area (Å²) in [5.41, 5.74) is 5.67. The Morgan fingerprint density at radius 1 is 1.23 bits per heavy atom. The van der Waals surface area contributed by atoms with Gasteiger partial charge < -0.3 is 21.3 Å². The number of hydrogen-bond donors (Lipinski definition) is 4. The molecule has 8 nitrogen and oxygen atoms in total. The quantitative estimate of drug-likeness (QED) is 0.581. The fourth-order valence-electron chi connectivity index (χ4n) is 3.25. The number of carbonyl (C=O) groups is 1. The van der Waals surface area contributed by atoms with Gasteiger partial charge in [-0.05, 0) is 43.4 Å². The van der Waals surface area contributed by atoms with Crippen LogP contribution in [0.3, 0.4) is 0 Å². The molecule has 1 saturated carbocycles. The Bertz CT molecular complexity index is 872. The number of alkyl halides is 3. The summed E-state index contributed by atoms with van der Waals surface area (Å²) in [7, 11) is 0. The molecule has 3 rings (SSSR count). The molecular formula is C19H22F3N5O3. The minimum absolute atomic E-state index is 0.0290. The summed E-state index contributed by atoms with van der Waals surface area (Å²) in [5, 5.41) is 32.7. The van der Waals surface area contributed by atoms with Crippen molar-refractivity contribution in [2.24, 2.45) is 5.73 Å². The Kier molecular flexibility index (Phi) is 7.42. The second-order valence-electron chi connectivity index (χ2n) is 6.89. The Morgan fingerprint density at radius 3 is 2.30 bits per heavy atom. The predicted molar refractivity (Wildman–Crippen MR) is 102 cm³/mol. The van der Waals surface area contributed by atoms with E-state index in [0.717, 1.165) is 12.1 Å². The number of halogens is 3. The fourth-order valence-corrected chi connectivity index (χ4v) is 3.25. The molecule has 0 saturated heterocycles. The third-order valence-electron chi connectivity index (χ3n) is 4.84. The van der Waals surface area contributed by atoms with Crippen LogP contribution in [0.2, 0.25) is 0 Å². The normalized spacial score (nSPS) is 20.0. The highest BCUT2D eigenvalue weighted by atomic mass is 19.4. The number of primary amides is 1. The molecule has 1 heterocycles. The van der Waals surface area contributed by atoms with Crippen molar-refractivity contribution in [2.45, 2.75) is 50.1 Å². The fraction of sp³-hybridized carbons (Fsp3) is 0.421. The van der Waals surface area contributed by atoms with Gasteiger partial charge in [-0.25, -0.2) is 5.26 Å². The highest BCUT2D eigenvalue weighted by molar-refractivity contribution is 5.98. The molecule has 1 amide bonds. The standard InChI is InChI=1S/C18H21F3N4O3.CHN/c19-18(20,21)15(27)10-1-3-11(4-2-10)23-17-14(16(22)28)9-25(24-17)12-5-7-13(26)8-6-12;1-2/h1-4,9,12-13,15,26-27H,5-8H2,(H2,22,28)(H,23,24);1H. The zero-order valence-electron chi connectivity index (χ0n) is 15.9. The molecule has 162 valence electrons. The van der Waals surface area contributed by atoms with Crippen LogP contribution in [0.5, 0.6) is 0 Å². The second-order valence-corrected chi connectivity index (χ2v) is 6.89. The van der Waals surface area contributed by atoms with E-state index in [4.69, 9.17) is 11.0 Å². The van der Waals surface area contributed by atoms with E-state index in [9.17, 15) is 28.2 Å². The van der Waals surface area contributed by atoms with Crippen molar-refractivity contribution in [1.29, 1.82) is 5.26 Å². The maximum absolute atomic E-state index is 12.6. The summed E-state index contributed by atoms with van der Waals surface area (Å²) in [6, 6.07) is 5.02. The van der Waals surface area contributed by atoms with Gasteiger partial charge in [-0.3, -0.25) is 9.48 Å². The van der Waals surface area contributed by atoms with E-state index >= 15 is 0 Å².